The molecule has 3 N–H and O–H groups in total. The van der Waals surface area contributed by atoms with Crippen molar-refractivity contribution in [3.63, 3.8) is 0 Å². The third kappa shape index (κ3) is 4.13. The molecular formula is C22H18F3N5O. The van der Waals surface area contributed by atoms with Crippen LogP contribution >= 0.6 is 0 Å². The zero-order chi connectivity index (χ0) is 22.0. The number of aryl methyl sites for hydroxylation is 1. The Morgan fingerprint density at radius 3 is 2.58 bits per heavy atom. The predicted octanol–water partition coefficient (Wildman–Crippen LogP) is 4.90. The molecule has 9 heteroatoms. The zero-order valence-corrected chi connectivity index (χ0v) is 16.4. The molecule has 158 valence electrons. The summed E-state index contributed by atoms with van der Waals surface area (Å²) in [5, 5.41) is 10.4. The van der Waals surface area contributed by atoms with Gasteiger partial charge in [0.25, 0.3) is 0 Å². The summed E-state index contributed by atoms with van der Waals surface area (Å²) in [6.45, 7) is 1.88. The number of nitrogens with two attached hydrogens (primary N) is 1. The van der Waals surface area contributed by atoms with Gasteiger partial charge in [-0.2, -0.15) is 0 Å². The average Bonchev–Trinajstić information content (AvgIpc) is 3.28. The Hall–Kier alpha value is -3.72. The molecule has 1 unspecified atom stereocenters. The maximum absolute atomic E-state index is 14.7. The minimum absolute atomic E-state index is 0.0205. The Labute approximate surface area is 176 Å². The van der Waals surface area contributed by atoms with Crippen molar-refractivity contribution in [2.24, 2.45) is 5.73 Å². The minimum Gasteiger partial charge on any atom is -0.418 e. The Kier molecular flexibility index (Phi) is 5.68. The van der Waals surface area contributed by atoms with E-state index in [2.05, 4.69) is 20.5 Å². The van der Waals surface area contributed by atoms with Crippen LogP contribution in [0.5, 0.6) is 0 Å². The van der Waals surface area contributed by atoms with Crippen molar-refractivity contribution in [3.8, 4) is 11.5 Å². The van der Waals surface area contributed by atoms with E-state index in [4.69, 9.17) is 10.2 Å². The smallest absolute Gasteiger partial charge is 0.250 e. The SMILES string of the molecule is CCc1ccc(Nc2c(-c3nnc(C(N)c4ccccn4)o3)ccc(F)c2F)c(F)c1. The van der Waals surface area contributed by atoms with Gasteiger partial charge in [-0.3, -0.25) is 4.98 Å². The van der Waals surface area contributed by atoms with Gasteiger partial charge in [0.2, 0.25) is 11.8 Å². The molecule has 4 aromatic rings. The topological polar surface area (TPSA) is 89.9 Å². The number of aromatic nitrogens is 3. The molecule has 0 bridgehead atoms. The highest BCUT2D eigenvalue weighted by molar-refractivity contribution is 5.77. The summed E-state index contributed by atoms with van der Waals surface area (Å²) < 4.78 is 48.7. The largest absolute Gasteiger partial charge is 0.418 e. The number of benzene rings is 2. The van der Waals surface area contributed by atoms with E-state index in [9.17, 15) is 13.2 Å². The lowest BCUT2D eigenvalue weighted by Crippen LogP contribution is -2.13. The van der Waals surface area contributed by atoms with Crippen LogP contribution in [0.1, 0.15) is 30.1 Å². The number of anilines is 2. The fourth-order valence-corrected chi connectivity index (χ4v) is 3.02. The van der Waals surface area contributed by atoms with E-state index in [1.165, 1.54) is 18.2 Å². The molecule has 31 heavy (non-hydrogen) atoms. The van der Waals surface area contributed by atoms with Crippen molar-refractivity contribution in [2.45, 2.75) is 19.4 Å². The van der Waals surface area contributed by atoms with Crippen LogP contribution in [0.2, 0.25) is 0 Å². The first kappa shape index (κ1) is 20.5. The second-order valence-corrected chi connectivity index (χ2v) is 6.75. The Bertz CT molecular complexity index is 1210. The highest BCUT2D eigenvalue weighted by Gasteiger charge is 2.23. The molecule has 2 aromatic heterocycles. The number of hydrogen-bond donors (Lipinski definition) is 2. The molecule has 0 amide bonds. The highest BCUT2D eigenvalue weighted by atomic mass is 19.2. The molecular weight excluding hydrogens is 407 g/mol. The van der Waals surface area contributed by atoms with Crippen LogP contribution in [0.4, 0.5) is 24.5 Å². The molecule has 0 aliphatic carbocycles. The highest BCUT2D eigenvalue weighted by Crippen LogP contribution is 2.35. The third-order valence-corrected chi connectivity index (χ3v) is 4.74. The molecule has 0 aliphatic heterocycles. The van der Waals surface area contributed by atoms with E-state index in [0.717, 1.165) is 11.6 Å². The van der Waals surface area contributed by atoms with Gasteiger partial charge < -0.3 is 15.5 Å². The van der Waals surface area contributed by atoms with Crippen LogP contribution in [0.15, 0.2) is 59.1 Å². The van der Waals surface area contributed by atoms with E-state index in [0.29, 0.717) is 12.1 Å². The monoisotopic (exact) mass is 425 g/mol. The van der Waals surface area contributed by atoms with Crippen molar-refractivity contribution in [1.29, 1.82) is 0 Å². The molecule has 0 aliphatic rings. The summed E-state index contributed by atoms with van der Waals surface area (Å²) in [6.07, 6.45) is 2.21. The molecule has 1 atom stereocenters. The van der Waals surface area contributed by atoms with E-state index < -0.39 is 23.5 Å². The fraction of sp³-hybridized carbons (Fsp3) is 0.136. The van der Waals surface area contributed by atoms with E-state index in [1.807, 2.05) is 6.92 Å². The number of pyridine rings is 1. The number of rotatable bonds is 6. The first-order valence-electron chi connectivity index (χ1n) is 9.51. The minimum atomic E-state index is -1.20. The lowest BCUT2D eigenvalue weighted by molar-refractivity contribution is 0.479. The van der Waals surface area contributed by atoms with Gasteiger partial charge in [-0.1, -0.05) is 19.1 Å². The van der Waals surface area contributed by atoms with Gasteiger partial charge in [-0.25, -0.2) is 13.2 Å². The van der Waals surface area contributed by atoms with Gasteiger partial charge >= 0.3 is 0 Å². The summed E-state index contributed by atoms with van der Waals surface area (Å²) >= 11 is 0. The Morgan fingerprint density at radius 1 is 1.03 bits per heavy atom. The summed E-state index contributed by atoms with van der Waals surface area (Å²) in [5.74, 6) is -2.97. The summed E-state index contributed by atoms with van der Waals surface area (Å²) in [4.78, 5) is 4.14. The number of hydrogen-bond acceptors (Lipinski definition) is 6. The summed E-state index contributed by atoms with van der Waals surface area (Å²) in [7, 11) is 0. The van der Waals surface area contributed by atoms with Crippen molar-refractivity contribution in [1.82, 2.24) is 15.2 Å². The van der Waals surface area contributed by atoms with Gasteiger partial charge in [-0.05, 0) is 48.4 Å². The second kappa shape index (κ2) is 8.57. The summed E-state index contributed by atoms with van der Waals surface area (Å²) in [6, 6.07) is 11.1. The lowest BCUT2D eigenvalue weighted by Gasteiger charge is -2.13. The Balaban J connectivity index is 1.72. The molecule has 0 saturated carbocycles. The third-order valence-electron chi connectivity index (χ3n) is 4.74. The van der Waals surface area contributed by atoms with Gasteiger partial charge in [0, 0.05) is 6.20 Å². The predicted molar refractivity (Wildman–Crippen MR) is 109 cm³/mol. The standard InChI is InChI=1S/C22H18F3N5O/c1-2-12-6-9-16(15(24)11-12)28-20-13(7-8-14(23)18(20)25)21-29-30-22(31-21)19(26)17-5-3-4-10-27-17/h3-11,19,28H,2,26H2,1H3. The van der Waals surface area contributed by atoms with Crippen molar-refractivity contribution >= 4 is 11.4 Å². The normalized spacial score (nSPS) is 12.0. The van der Waals surface area contributed by atoms with Gasteiger partial charge in [0.15, 0.2) is 11.6 Å². The van der Waals surface area contributed by atoms with Crippen molar-refractivity contribution < 1.29 is 17.6 Å². The fourth-order valence-electron chi connectivity index (χ4n) is 3.02. The van der Waals surface area contributed by atoms with E-state index in [-0.39, 0.29) is 28.7 Å². The maximum atomic E-state index is 14.7. The second-order valence-electron chi connectivity index (χ2n) is 6.75. The molecule has 2 aromatic carbocycles. The molecule has 0 radical (unpaired) electrons. The van der Waals surface area contributed by atoms with E-state index in [1.54, 1.807) is 30.5 Å². The number of halogens is 3. The quantitative estimate of drug-likeness (QED) is 0.457. The van der Waals surface area contributed by atoms with E-state index >= 15 is 0 Å². The van der Waals surface area contributed by atoms with Crippen LogP contribution in [0.3, 0.4) is 0 Å². The summed E-state index contributed by atoms with van der Waals surface area (Å²) in [5.41, 5.74) is 7.09. The van der Waals surface area contributed by atoms with Gasteiger partial charge in [0.1, 0.15) is 11.9 Å². The zero-order valence-electron chi connectivity index (χ0n) is 16.4. The molecule has 0 spiro atoms. The average molecular weight is 425 g/mol. The van der Waals surface area contributed by atoms with Crippen molar-refractivity contribution in [3.05, 3.63) is 89.3 Å². The molecule has 2 heterocycles. The van der Waals surface area contributed by atoms with Crippen LogP contribution in [0, 0.1) is 17.5 Å². The van der Waals surface area contributed by atoms with Crippen LogP contribution < -0.4 is 11.1 Å². The molecule has 0 fully saturated rings. The van der Waals surface area contributed by atoms with Crippen LogP contribution in [0.25, 0.3) is 11.5 Å². The van der Waals surface area contributed by atoms with Crippen LogP contribution in [-0.2, 0) is 6.42 Å². The van der Waals surface area contributed by atoms with Crippen molar-refractivity contribution in [2.75, 3.05) is 5.32 Å². The Morgan fingerprint density at radius 2 is 1.87 bits per heavy atom. The van der Waals surface area contributed by atoms with Gasteiger partial charge in [-0.15, -0.1) is 10.2 Å². The van der Waals surface area contributed by atoms with Crippen LogP contribution in [-0.4, -0.2) is 15.2 Å². The molecule has 6 nitrogen and oxygen atoms in total. The molecule has 0 saturated heterocycles. The first-order chi connectivity index (χ1) is 15.0. The molecule has 4 rings (SSSR count). The number of nitrogens with one attached hydrogen (secondary N) is 1. The number of nitrogens with zero attached hydrogens (tertiary/aromatic N) is 3. The lowest BCUT2D eigenvalue weighted by atomic mass is 10.1. The first-order valence-corrected chi connectivity index (χ1v) is 9.51. The maximum Gasteiger partial charge on any atom is 0.250 e. The van der Waals surface area contributed by atoms with Gasteiger partial charge in [0.05, 0.1) is 22.6 Å².